The van der Waals surface area contributed by atoms with Gasteiger partial charge in [0.2, 0.25) is 0 Å². The predicted octanol–water partition coefficient (Wildman–Crippen LogP) is 0.788. The van der Waals surface area contributed by atoms with E-state index in [-0.39, 0.29) is 6.10 Å². The van der Waals surface area contributed by atoms with Crippen molar-refractivity contribution in [3.8, 4) is 0 Å². The summed E-state index contributed by atoms with van der Waals surface area (Å²) < 4.78 is 11.1. The lowest BCUT2D eigenvalue weighted by Crippen LogP contribution is -2.45. The van der Waals surface area contributed by atoms with E-state index in [2.05, 4.69) is 12.2 Å². The summed E-state index contributed by atoms with van der Waals surface area (Å²) in [5.74, 6) is 0. The number of nitrogens with one attached hydrogen (secondary N) is 1. The second kappa shape index (κ2) is 4.80. The van der Waals surface area contributed by atoms with Crippen LogP contribution in [0.4, 0.5) is 0 Å². The van der Waals surface area contributed by atoms with E-state index in [1.807, 2.05) is 13.8 Å². The fourth-order valence-corrected chi connectivity index (χ4v) is 1.27. The van der Waals surface area contributed by atoms with E-state index >= 15 is 0 Å². The fraction of sp³-hybridized carbons (Fsp3) is 1.00. The van der Waals surface area contributed by atoms with Gasteiger partial charge in [0, 0.05) is 13.1 Å². The van der Waals surface area contributed by atoms with Gasteiger partial charge in [-0.05, 0) is 20.8 Å². The van der Waals surface area contributed by atoms with Gasteiger partial charge < -0.3 is 14.8 Å². The van der Waals surface area contributed by atoms with Crippen LogP contribution in [0.2, 0.25) is 0 Å². The molecule has 0 amide bonds. The highest BCUT2D eigenvalue weighted by Gasteiger charge is 2.18. The number of rotatable bonds is 3. The highest BCUT2D eigenvalue weighted by molar-refractivity contribution is 4.71. The zero-order valence-corrected chi connectivity index (χ0v) is 8.17. The number of hydrogen-bond acceptors (Lipinski definition) is 3. The Morgan fingerprint density at radius 2 is 2.25 bits per heavy atom. The van der Waals surface area contributed by atoms with Crippen LogP contribution in [0.15, 0.2) is 0 Å². The third-order valence-corrected chi connectivity index (χ3v) is 1.84. The summed E-state index contributed by atoms with van der Waals surface area (Å²) >= 11 is 0. The Morgan fingerprint density at radius 3 is 2.83 bits per heavy atom. The summed E-state index contributed by atoms with van der Waals surface area (Å²) in [6.45, 7) is 8.73. The molecule has 1 fully saturated rings. The first-order valence-electron chi connectivity index (χ1n) is 4.66. The maximum absolute atomic E-state index is 5.65. The smallest absolute Gasteiger partial charge is 0.0936 e. The highest BCUT2D eigenvalue weighted by atomic mass is 16.5. The Labute approximate surface area is 74.4 Å². The first-order chi connectivity index (χ1) is 5.68. The summed E-state index contributed by atoms with van der Waals surface area (Å²) in [6, 6.07) is 0. The van der Waals surface area contributed by atoms with E-state index in [0.29, 0.717) is 18.8 Å². The number of ether oxygens (including phenoxy) is 2. The maximum Gasteiger partial charge on any atom is 0.0936 e. The Hall–Kier alpha value is -0.120. The normalized spacial score (nSPS) is 31.0. The second-order valence-electron chi connectivity index (χ2n) is 3.61. The SMILES string of the molecule is CC(C)OC[C@@H]1CNC[C@H](C)O1. The molecule has 0 aromatic rings. The molecule has 0 aromatic carbocycles. The summed E-state index contributed by atoms with van der Waals surface area (Å²) in [5, 5.41) is 3.30. The molecule has 1 heterocycles. The van der Waals surface area contributed by atoms with Crippen molar-refractivity contribution in [3.05, 3.63) is 0 Å². The van der Waals surface area contributed by atoms with E-state index in [1.54, 1.807) is 0 Å². The van der Waals surface area contributed by atoms with Gasteiger partial charge in [0.05, 0.1) is 24.9 Å². The standard InChI is InChI=1S/C9H19NO2/c1-7(2)11-6-9-5-10-4-8(3)12-9/h7-10H,4-6H2,1-3H3/t8-,9-/m0/s1. The molecule has 1 aliphatic heterocycles. The third kappa shape index (κ3) is 3.52. The minimum absolute atomic E-state index is 0.233. The van der Waals surface area contributed by atoms with Crippen molar-refractivity contribution in [2.24, 2.45) is 0 Å². The van der Waals surface area contributed by atoms with Gasteiger partial charge in [-0.3, -0.25) is 0 Å². The van der Waals surface area contributed by atoms with Gasteiger partial charge in [0.15, 0.2) is 0 Å². The van der Waals surface area contributed by atoms with Gasteiger partial charge in [-0.25, -0.2) is 0 Å². The van der Waals surface area contributed by atoms with Gasteiger partial charge in [0.1, 0.15) is 0 Å². The number of morpholine rings is 1. The van der Waals surface area contributed by atoms with Gasteiger partial charge in [-0.15, -0.1) is 0 Å². The monoisotopic (exact) mass is 173 g/mol. The van der Waals surface area contributed by atoms with Crippen LogP contribution in [0.3, 0.4) is 0 Å². The molecule has 0 radical (unpaired) electrons. The van der Waals surface area contributed by atoms with E-state index in [9.17, 15) is 0 Å². The minimum atomic E-state index is 0.233. The van der Waals surface area contributed by atoms with Crippen LogP contribution in [0.1, 0.15) is 20.8 Å². The molecule has 0 spiro atoms. The van der Waals surface area contributed by atoms with Crippen molar-refractivity contribution in [2.75, 3.05) is 19.7 Å². The first-order valence-corrected chi connectivity index (χ1v) is 4.66. The average molecular weight is 173 g/mol. The Kier molecular flexibility index (Phi) is 3.98. The van der Waals surface area contributed by atoms with Crippen LogP contribution in [-0.2, 0) is 9.47 Å². The van der Waals surface area contributed by atoms with E-state index < -0.39 is 0 Å². The molecular weight excluding hydrogens is 154 g/mol. The quantitative estimate of drug-likeness (QED) is 0.684. The van der Waals surface area contributed by atoms with Gasteiger partial charge >= 0.3 is 0 Å². The predicted molar refractivity (Wildman–Crippen MR) is 48.3 cm³/mol. The molecule has 2 atom stereocenters. The summed E-state index contributed by atoms with van der Waals surface area (Å²) in [7, 11) is 0. The van der Waals surface area contributed by atoms with Gasteiger partial charge in [-0.1, -0.05) is 0 Å². The van der Waals surface area contributed by atoms with Crippen LogP contribution in [0.25, 0.3) is 0 Å². The molecule has 3 heteroatoms. The van der Waals surface area contributed by atoms with Crippen LogP contribution < -0.4 is 5.32 Å². The molecule has 0 aliphatic carbocycles. The van der Waals surface area contributed by atoms with Crippen molar-refractivity contribution in [1.82, 2.24) is 5.32 Å². The molecule has 1 saturated heterocycles. The molecular formula is C9H19NO2. The van der Waals surface area contributed by atoms with Crippen molar-refractivity contribution in [3.63, 3.8) is 0 Å². The minimum Gasteiger partial charge on any atom is -0.376 e. The average Bonchev–Trinajstić information content (AvgIpc) is 2.01. The second-order valence-corrected chi connectivity index (χ2v) is 3.61. The van der Waals surface area contributed by atoms with Crippen LogP contribution in [0.5, 0.6) is 0 Å². The Bertz CT molecular complexity index is 128. The summed E-state index contributed by atoms with van der Waals surface area (Å²) in [4.78, 5) is 0. The van der Waals surface area contributed by atoms with Gasteiger partial charge in [-0.2, -0.15) is 0 Å². The third-order valence-electron chi connectivity index (χ3n) is 1.84. The Morgan fingerprint density at radius 1 is 1.50 bits per heavy atom. The lowest BCUT2D eigenvalue weighted by atomic mass is 10.2. The van der Waals surface area contributed by atoms with Crippen molar-refractivity contribution < 1.29 is 9.47 Å². The molecule has 0 saturated carbocycles. The van der Waals surface area contributed by atoms with Crippen molar-refractivity contribution >= 4 is 0 Å². The summed E-state index contributed by atoms with van der Waals surface area (Å²) in [5.41, 5.74) is 0. The molecule has 0 aromatic heterocycles. The Balaban J connectivity index is 2.14. The first kappa shape index (κ1) is 9.96. The molecule has 12 heavy (non-hydrogen) atoms. The highest BCUT2D eigenvalue weighted by Crippen LogP contribution is 2.04. The molecule has 1 N–H and O–H groups in total. The maximum atomic E-state index is 5.65. The molecule has 72 valence electrons. The molecule has 1 aliphatic rings. The zero-order valence-electron chi connectivity index (χ0n) is 8.17. The van der Waals surface area contributed by atoms with Crippen molar-refractivity contribution in [2.45, 2.75) is 39.1 Å². The molecule has 3 nitrogen and oxygen atoms in total. The fourth-order valence-electron chi connectivity index (χ4n) is 1.27. The van der Waals surface area contributed by atoms with Gasteiger partial charge in [0.25, 0.3) is 0 Å². The van der Waals surface area contributed by atoms with E-state index in [0.717, 1.165) is 13.1 Å². The van der Waals surface area contributed by atoms with Crippen LogP contribution in [-0.4, -0.2) is 38.0 Å². The molecule has 0 bridgehead atoms. The van der Waals surface area contributed by atoms with E-state index in [1.165, 1.54) is 0 Å². The molecule has 0 unspecified atom stereocenters. The lowest BCUT2D eigenvalue weighted by molar-refractivity contribution is -0.0792. The number of hydrogen-bond donors (Lipinski definition) is 1. The zero-order chi connectivity index (χ0) is 8.97. The lowest BCUT2D eigenvalue weighted by Gasteiger charge is -2.29. The summed E-state index contributed by atoms with van der Waals surface area (Å²) in [6.07, 6.45) is 0.849. The van der Waals surface area contributed by atoms with Crippen LogP contribution >= 0.6 is 0 Å². The van der Waals surface area contributed by atoms with Crippen LogP contribution in [0, 0.1) is 0 Å². The largest absolute Gasteiger partial charge is 0.376 e. The van der Waals surface area contributed by atoms with E-state index in [4.69, 9.17) is 9.47 Å². The molecule has 1 rings (SSSR count). The topological polar surface area (TPSA) is 30.5 Å². The van der Waals surface area contributed by atoms with Crippen molar-refractivity contribution in [1.29, 1.82) is 0 Å².